The van der Waals surface area contributed by atoms with Crippen LogP contribution in [0.4, 0.5) is 0 Å². The van der Waals surface area contributed by atoms with E-state index in [-0.39, 0.29) is 29.9 Å². The summed E-state index contributed by atoms with van der Waals surface area (Å²) in [5.74, 6) is -0.439. The van der Waals surface area contributed by atoms with E-state index < -0.39 is 0 Å². The molecule has 1 fully saturated rings. The van der Waals surface area contributed by atoms with Gasteiger partial charge in [-0.1, -0.05) is 78.9 Å². The molecule has 0 bridgehead atoms. The van der Waals surface area contributed by atoms with Gasteiger partial charge in [0.25, 0.3) is 5.91 Å². The number of fused-ring (bicyclic) bond motifs is 3. The van der Waals surface area contributed by atoms with E-state index in [0.717, 1.165) is 18.5 Å². The molecule has 3 aromatic carbocycles. The number of esters is 1. The predicted octanol–water partition coefficient (Wildman–Crippen LogP) is 5.00. The standard InChI is InChI=1S/C30H30N2O3/c1-2-35-28(33)18-17-26-27(21-22-11-5-3-6-12-22)32(30(34)24-14-7-4-8-15-24)31-20-19-23-13-9-10-16-25(23)29(26)31/h3-18,26-27,29H,2,19-21H2,1H3/b18-17+/t26-,27-,29+/m1/s1. The number of hydrazine groups is 1. The Hall–Kier alpha value is -3.70. The summed E-state index contributed by atoms with van der Waals surface area (Å²) in [5, 5.41) is 4.19. The maximum absolute atomic E-state index is 14.0. The number of amides is 1. The molecule has 178 valence electrons. The van der Waals surface area contributed by atoms with Gasteiger partial charge in [-0.3, -0.25) is 9.80 Å². The summed E-state index contributed by atoms with van der Waals surface area (Å²) in [6.07, 6.45) is 5.06. The van der Waals surface area contributed by atoms with Crippen LogP contribution >= 0.6 is 0 Å². The van der Waals surface area contributed by atoms with Crippen LogP contribution in [0.3, 0.4) is 0 Å². The van der Waals surface area contributed by atoms with Crippen LogP contribution < -0.4 is 0 Å². The molecule has 3 atom stereocenters. The molecule has 0 saturated carbocycles. The molecule has 1 saturated heterocycles. The van der Waals surface area contributed by atoms with Gasteiger partial charge in [-0.15, -0.1) is 0 Å². The van der Waals surface area contributed by atoms with Crippen molar-refractivity contribution in [1.82, 2.24) is 10.0 Å². The summed E-state index contributed by atoms with van der Waals surface area (Å²) in [4.78, 5) is 26.3. The average molecular weight is 467 g/mol. The van der Waals surface area contributed by atoms with Crippen molar-refractivity contribution in [3.8, 4) is 0 Å². The Morgan fingerprint density at radius 2 is 1.63 bits per heavy atom. The van der Waals surface area contributed by atoms with Gasteiger partial charge in [-0.05, 0) is 48.6 Å². The highest BCUT2D eigenvalue weighted by molar-refractivity contribution is 5.94. The molecule has 5 heteroatoms. The first-order valence-electron chi connectivity index (χ1n) is 12.3. The predicted molar refractivity (Wildman–Crippen MR) is 135 cm³/mol. The van der Waals surface area contributed by atoms with Gasteiger partial charge in [-0.2, -0.15) is 0 Å². The van der Waals surface area contributed by atoms with Gasteiger partial charge in [0, 0.05) is 24.1 Å². The summed E-state index contributed by atoms with van der Waals surface area (Å²) in [5.41, 5.74) is 4.35. The van der Waals surface area contributed by atoms with Crippen LogP contribution in [0.2, 0.25) is 0 Å². The lowest BCUT2D eigenvalue weighted by Crippen LogP contribution is -2.48. The molecule has 1 amide bonds. The maximum atomic E-state index is 14.0. The van der Waals surface area contributed by atoms with E-state index in [1.165, 1.54) is 17.2 Å². The van der Waals surface area contributed by atoms with Crippen LogP contribution in [-0.4, -0.2) is 41.1 Å². The van der Waals surface area contributed by atoms with E-state index in [9.17, 15) is 9.59 Å². The molecule has 0 spiro atoms. The summed E-state index contributed by atoms with van der Waals surface area (Å²) >= 11 is 0. The third-order valence-corrected chi connectivity index (χ3v) is 6.96. The zero-order valence-electron chi connectivity index (χ0n) is 19.9. The molecule has 0 radical (unpaired) electrons. The van der Waals surface area contributed by atoms with Crippen molar-refractivity contribution in [2.24, 2.45) is 5.92 Å². The highest BCUT2D eigenvalue weighted by atomic mass is 16.5. The number of carbonyl (C=O) groups excluding carboxylic acids is 2. The van der Waals surface area contributed by atoms with Crippen molar-refractivity contribution in [2.75, 3.05) is 13.2 Å². The van der Waals surface area contributed by atoms with Crippen molar-refractivity contribution in [2.45, 2.75) is 31.8 Å². The van der Waals surface area contributed by atoms with Gasteiger partial charge in [0.15, 0.2) is 0 Å². The molecular formula is C30H30N2O3. The molecule has 5 rings (SSSR count). The Balaban J connectivity index is 1.61. The molecule has 0 aromatic heterocycles. The van der Waals surface area contributed by atoms with Crippen molar-refractivity contribution in [1.29, 1.82) is 0 Å². The normalized spacial score (nSPS) is 21.5. The quantitative estimate of drug-likeness (QED) is 0.379. The van der Waals surface area contributed by atoms with Crippen LogP contribution in [0.25, 0.3) is 0 Å². The minimum Gasteiger partial charge on any atom is -0.463 e. The Labute approximate surface area is 206 Å². The molecule has 35 heavy (non-hydrogen) atoms. The summed E-state index contributed by atoms with van der Waals surface area (Å²) in [6, 6.07) is 28.0. The summed E-state index contributed by atoms with van der Waals surface area (Å²) in [7, 11) is 0. The van der Waals surface area contributed by atoms with Crippen molar-refractivity contribution in [3.63, 3.8) is 0 Å². The van der Waals surface area contributed by atoms with E-state index in [4.69, 9.17) is 4.74 Å². The Morgan fingerprint density at radius 1 is 0.943 bits per heavy atom. The third-order valence-electron chi connectivity index (χ3n) is 6.96. The van der Waals surface area contributed by atoms with Crippen molar-refractivity contribution >= 4 is 11.9 Å². The molecule has 5 nitrogen and oxygen atoms in total. The van der Waals surface area contributed by atoms with E-state index in [1.54, 1.807) is 6.92 Å². The second-order valence-corrected chi connectivity index (χ2v) is 9.02. The lowest BCUT2D eigenvalue weighted by molar-refractivity contribution is -0.137. The number of rotatable bonds is 6. The SMILES string of the molecule is CCOC(=O)/C=C/[C@@H]1[C@@H](Cc2ccccc2)N(C(=O)c2ccccc2)N2CCc3ccccc3[C@@H]12. The zero-order valence-corrected chi connectivity index (χ0v) is 19.9. The van der Waals surface area contributed by atoms with E-state index in [1.807, 2.05) is 59.6 Å². The first-order valence-corrected chi connectivity index (χ1v) is 12.3. The molecule has 0 aliphatic carbocycles. The first-order chi connectivity index (χ1) is 17.2. The number of ether oxygens (including phenoxy) is 1. The van der Waals surface area contributed by atoms with Crippen LogP contribution in [0.1, 0.15) is 40.0 Å². The Morgan fingerprint density at radius 3 is 2.37 bits per heavy atom. The second kappa shape index (κ2) is 10.3. The maximum Gasteiger partial charge on any atom is 0.330 e. The van der Waals surface area contributed by atoms with E-state index in [2.05, 4.69) is 41.4 Å². The number of hydrogen-bond donors (Lipinski definition) is 0. The minimum atomic E-state index is -0.352. The van der Waals surface area contributed by atoms with Gasteiger partial charge < -0.3 is 4.74 Å². The fraction of sp³-hybridized carbons (Fsp3) is 0.267. The van der Waals surface area contributed by atoms with Gasteiger partial charge in [-0.25, -0.2) is 9.80 Å². The monoisotopic (exact) mass is 466 g/mol. The van der Waals surface area contributed by atoms with Crippen LogP contribution in [0.15, 0.2) is 97.1 Å². The van der Waals surface area contributed by atoms with Crippen LogP contribution in [-0.2, 0) is 22.4 Å². The highest BCUT2D eigenvalue weighted by Crippen LogP contribution is 2.47. The number of carbonyl (C=O) groups is 2. The van der Waals surface area contributed by atoms with Gasteiger partial charge >= 0.3 is 5.97 Å². The molecule has 2 aliphatic heterocycles. The summed E-state index contributed by atoms with van der Waals surface area (Å²) < 4.78 is 5.18. The minimum absolute atomic E-state index is 0.0112. The molecule has 2 heterocycles. The highest BCUT2D eigenvalue weighted by Gasteiger charge is 2.50. The van der Waals surface area contributed by atoms with E-state index >= 15 is 0 Å². The first kappa shape index (κ1) is 23.1. The van der Waals surface area contributed by atoms with Crippen LogP contribution in [0, 0.1) is 5.92 Å². The largest absolute Gasteiger partial charge is 0.463 e. The second-order valence-electron chi connectivity index (χ2n) is 9.02. The molecule has 0 unspecified atom stereocenters. The average Bonchev–Trinajstić information content (AvgIpc) is 3.21. The molecule has 2 aliphatic rings. The van der Waals surface area contributed by atoms with Gasteiger partial charge in [0.1, 0.15) is 0 Å². The molecular weight excluding hydrogens is 436 g/mol. The van der Waals surface area contributed by atoms with Gasteiger partial charge in [0.05, 0.1) is 18.7 Å². The van der Waals surface area contributed by atoms with Crippen molar-refractivity contribution < 1.29 is 14.3 Å². The van der Waals surface area contributed by atoms with Crippen molar-refractivity contribution in [3.05, 3.63) is 119 Å². The fourth-order valence-electron chi connectivity index (χ4n) is 5.47. The zero-order chi connectivity index (χ0) is 24.2. The summed E-state index contributed by atoms with van der Waals surface area (Å²) in [6.45, 7) is 2.88. The Bertz CT molecular complexity index is 1210. The van der Waals surface area contributed by atoms with Gasteiger partial charge in [0.2, 0.25) is 0 Å². The third kappa shape index (κ3) is 4.64. The molecule has 0 N–H and O–H groups in total. The lowest BCUT2D eigenvalue weighted by atomic mass is 9.82. The lowest BCUT2D eigenvalue weighted by Gasteiger charge is -2.38. The number of hydrogen-bond acceptors (Lipinski definition) is 4. The number of benzene rings is 3. The number of nitrogens with zero attached hydrogens (tertiary/aromatic N) is 2. The topological polar surface area (TPSA) is 49.9 Å². The fourth-order valence-corrected chi connectivity index (χ4v) is 5.47. The Kier molecular flexibility index (Phi) is 6.77. The smallest absolute Gasteiger partial charge is 0.330 e. The van der Waals surface area contributed by atoms with Crippen LogP contribution in [0.5, 0.6) is 0 Å². The van der Waals surface area contributed by atoms with E-state index in [0.29, 0.717) is 18.6 Å². The molecule has 3 aromatic rings.